The number of nitrogens with one attached hydrogen (secondary N) is 1. The molecule has 0 fully saturated rings. The fourth-order valence-electron chi connectivity index (χ4n) is 3.39. The van der Waals surface area contributed by atoms with E-state index in [1.807, 2.05) is 38.1 Å². The third kappa shape index (κ3) is 2.36. The number of carbonyl (C=O) groups excluding carboxylic acids is 1. The van der Waals surface area contributed by atoms with E-state index in [1.54, 1.807) is 17.0 Å². The molecular weight excluding hydrogens is 332 g/mol. The van der Waals surface area contributed by atoms with Crippen molar-refractivity contribution in [1.29, 1.82) is 0 Å². The molecule has 3 aromatic rings. The van der Waals surface area contributed by atoms with Crippen LogP contribution in [0.3, 0.4) is 0 Å². The standard InChI is InChI=1S/C19H16N4O3/c1-11-6-8-14(9-7-11)22-18(13-4-3-5-15(10-13)23(25)26)16-12(2)20-21-17(16)19(22)24/h3-10,18H,1-2H3,(H,20,21)/t18-/m1/s1. The number of anilines is 1. The summed E-state index contributed by atoms with van der Waals surface area (Å²) in [5, 5.41) is 18.2. The van der Waals surface area contributed by atoms with Gasteiger partial charge in [-0.3, -0.25) is 24.9 Å². The number of rotatable bonds is 3. The topological polar surface area (TPSA) is 92.1 Å². The Morgan fingerprint density at radius 3 is 2.58 bits per heavy atom. The number of aromatic amines is 1. The summed E-state index contributed by atoms with van der Waals surface area (Å²) in [6.07, 6.45) is 0. The summed E-state index contributed by atoms with van der Waals surface area (Å²) in [7, 11) is 0. The highest BCUT2D eigenvalue weighted by atomic mass is 16.6. The molecule has 2 aromatic carbocycles. The molecule has 0 aliphatic carbocycles. The lowest BCUT2D eigenvalue weighted by atomic mass is 9.98. The predicted octanol–water partition coefficient (Wildman–Crippen LogP) is 3.68. The number of carbonyl (C=O) groups is 1. The molecule has 7 nitrogen and oxygen atoms in total. The van der Waals surface area contributed by atoms with Crippen LogP contribution in [0.25, 0.3) is 0 Å². The number of aryl methyl sites for hydroxylation is 2. The summed E-state index contributed by atoms with van der Waals surface area (Å²) in [5.41, 5.74) is 4.39. The van der Waals surface area contributed by atoms with Crippen molar-refractivity contribution in [3.63, 3.8) is 0 Å². The summed E-state index contributed by atoms with van der Waals surface area (Å²) in [6, 6.07) is 13.6. The molecule has 1 N–H and O–H groups in total. The molecule has 0 saturated heterocycles. The number of fused-ring (bicyclic) bond motifs is 1. The monoisotopic (exact) mass is 348 g/mol. The second-order valence-electron chi connectivity index (χ2n) is 6.38. The maximum atomic E-state index is 13.0. The highest BCUT2D eigenvalue weighted by molar-refractivity contribution is 6.10. The molecule has 1 amide bonds. The largest absolute Gasteiger partial charge is 0.295 e. The van der Waals surface area contributed by atoms with Gasteiger partial charge in [0.2, 0.25) is 0 Å². The normalized spacial score (nSPS) is 16.0. The van der Waals surface area contributed by atoms with Crippen molar-refractivity contribution in [2.45, 2.75) is 19.9 Å². The van der Waals surface area contributed by atoms with Crippen LogP contribution in [0.2, 0.25) is 0 Å². The molecule has 0 bridgehead atoms. The number of aromatic nitrogens is 2. The first-order valence-corrected chi connectivity index (χ1v) is 8.17. The van der Waals surface area contributed by atoms with Crippen LogP contribution in [-0.2, 0) is 0 Å². The number of non-ortho nitro benzene ring substituents is 1. The third-order valence-electron chi connectivity index (χ3n) is 4.66. The molecule has 1 aliphatic rings. The van der Waals surface area contributed by atoms with Gasteiger partial charge in [0, 0.05) is 29.1 Å². The minimum absolute atomic E-state index is 0.00611. The molecule has 0 spiro atoms. The number of nitro groups is 1. The molecule has 0 saturated carbocycles. The van der Waals surface area contributed by atoms with Gasteiger partial charge in [-0.2, -0.15) is 5.10 Å². The summed E-state index contributed by atoms with van der Waals surface area (Å²) >= 11 is 0. The number of nitro benzene ring substituents is 1. The van der Waals surface area contributed by atoms with Gasteiger partial charge in [-0.25, -0.2) is 0 Å². The maximum absolute atomic E-state index is 13.0. The van der Waals surface area contributed by atoms with Crippen LogP contribution in [0.4, 0.5) is 11.4 Å². The summed E-state index contributed by atoms with van der Waals surface area (Å²) in [5.74, 6) is -0.218. The average Bonchev–Trinajstić information content (AvgIpc) is 3.14. The third-order valence-corrected chi connectivity index (χ3v) is 4.66. The summed E-state index contributed by atoms with van der Waals surface area (Å²) < 4.78 is 0. The molecule has 7 heteroatoms. The second-order valence-corrected chi connectivity index (χ2v) is 6.38. The SMILES string of the molecule is Cc1ccc(N2C(=O)c3n[nH]c(C)c3[C@H]2c2cccc([N+](=O)[O-])c2)cc1. The van der Waals surface area contributed by atoms with Crippen LogP contribution in [0, 0.1) is 24.0 Å². The van der Waals surface area contributed by atoms with Crippen molar-refractivity contribution < 1.29 is 9.72 Å². The minimum atomic E-state index is -0.459. The summed E-state index contributed by atoms with van der Waals surface area (Å²) in [4.78, 5) is 25.4. The first kappa shape index (κ1) is 16.0. The number of H-pyrrole nitrogens is 1. The van der Waals surface area contributed by atoms with Crippen LogP contribution in [0.5, 0.6) is 0 Å². The van der Waals surface area contributed by atoms with E-state index in [1.165, 1.54) is 12.1 Å². The van der Waals surface area contributed by atoms with E-state index in [0.717, 1.165) is 22.5 Å². The molecule has 4 rings (SSSR count). The van der Waals surface area contributed by atoms with Gasteiger partial charge < -0.3 is 0 Å². The zero-order valence-electron chi connectivity index (χ0n) is 14.3. The first-order chi connectivity index (χ1) is 12.5. The van der Waals surface area contributed by atoms with E-state index in [4.69, 9.17) is 0 Å². The van der Waals surface area contributed by atoms with Crippen molar-refractivity contribution in [2.75, 3.05) is 4.90 Å². The van der Waals surface area contributed by atoms with Gasteiger partial charge in [-0.05, 0) is 31.5 Å². The van der Waals surface area contributed by atoms with Crippen LogP contribution < -0.4 is 4.90 Å². The Balaban J connectivity index is 1.91. The molecule has 130 valence electrons. The van der Waals surface area contributed by atoms with Gasteiger partial charge in [0.1, 0.15) is 0 Å². The van der Waals surface area contributed by atoms with E-state index in [2.05, 4.69) is 10.2 Å². The van der Waals surface area contributed by atoms with E-state index < -0.39 is 11.0 Å². The average molecular weight is 348 g/mol. The second kappa shape index (κ2) is 5.80. The van der Waals surface area contributed by atoms with Crippen LogP contribution in [0.15, 0.2) is 48.5 Å². The molecule has 0 unspecified atom stereocenters. The lowest BCUT2D eigenvalue weighted by molar-refractivity contribution is -0.384. The van der Waals surface area contributed by atoms with E-state index >= 15 is 0 Å². The van der Waals surface area contributed by atoms with Gasteiger partial charge >= 0.3 is 0 Å². The van der Waals surface area contributed by atoms with Crippen molar-refractivity contribution in [2.24, 2.45) is 0 Å². The van der Waals surface area contributed by atoms with Crippen molar-refractivity contribution in [1.82, 2.24) is 10.2 Å². The smallest absolute Gasteiger partial charge is 0.279 e. The number of nitrogens with zero attached hydrogens (tertiary/aromatic N) is 3. The fourth-order valence-corrected chi connectivity index (χ4v) is 3.39. The molecule has 26 heavy (non-hydrogen) atoms. The van der Waals surface area contributed by atoms with Crippen LogP contribution in [-0.4, -0.2) is 21.0 Å². The Hall–Kier alpha value is -3.48. The van der Waals surface area contributed by atoms with E-state index in [-0.39, 0.29) is 11.6 Å². The van der Waals surface area contributed by atoms with Crippen molar-refractivity contribution in [3.05, 3.63) is 86.7 Å². The van der Waals surface area contributed by atoms with Gasteiger partial charge in [0.15, 0.2) is 5.69 Å². The lowest BCUT2D eigenvalue weighted by Gasteiger charge is -2.26. The van der Waals surface area contributed by atoms with Crippen molar-refractivity contribution >= 4 is 17.3 Å². The maximum Gasteiger partial charge on any atom is 0.279 e. The highest BCUT2D eigenvalue weighted by Gasteiger charge is 2.42. The quantitative estimate of drug-likeness (QED) is 0.577. The Morgan fingerprint density at radius 1 is 1.15 bits per heavy atom. The zero-order chi connectivity index (χ0) is 18.4. The van der Waals surface area contributed by atoms with Crippen LogP contribution in [0.1, 0.15) is 38.9 Å². The number of amides is 1. The van der Waals surface area contributed by atoms with E-state index in [0.29, 0.717) is 11.3 Å². The number of hydrogen-bond acceptors (Lipinski definition) is 4. The fraction of sp³-hybridized carbons (Fsp3) is 0.158. The lowest BCUT2D eigenvalue weighted by Crippen LogP contribution is -2.29. The Labute approximate surface area is 149 Å². The van der Waals surface area contributed by atoms with Crippen molar-refractivity contribution in [3.8, 4) is 0 Å². The Bertz CT molecular complexity index is 1020. The molecular formula is C19H16N4O3. The number of hydrogen-bond donors (Lipinski definition) is 1. The minimum Gasteiger partial charge on any atom is -0.295 e. The summed E-state index contributed by atoms with van der Waals surface area (Å²) in [6.45, 7) is 3.82. The molecule has 1 atom stereocenters. The Kier molecular flexibility index (Phi) is 3.57. The van der Waals surface area contributed by atoms with Gasteiger partial charge in [-0.15, -0.1) is 0 Å². The molecule has 2 heterocycles. The van der Waals surface area contributed by atoms with Gasteiger partial charge in [0.25, 0.3) is 11.6 Å². The highest BCUT2D eigenvalue weighted by Crippen LogP contribution is 2.42. The molecule has 1 aromatic heterocycles. The van der Waals surface area contributed by atoms with Gasteiger partial charge in [0.05, 0.1) is 11.0 Å². The Morgan fingerprint density at radius 2 is 1.88 bits per heavy atom. The zero-order valence-corrected chi connectivity index (χ0v) is 14.3. The first-order valence-electron chi connectivity index (χ1n) is 8.17. The predicted molar refractivity (Wildman–Crippen MR) is 96.3 cm³/mol. The number of benzene rings is 2. The molecule has 0 radical (unpaired) electrons. The van der Waals surface area contributed by atoms with E-state index in [9.17, 15) is 14.9 Å². The van der Waals surface area contributed by atoms with Gasteiger partial charge in [-0.1, -0.05) is 29.8 Å². The molecule has 1 aliphatic heterocycles. The van der Waals surface area contributed by atoms with Crippen LogP contribution >= 0.6 is 0 Å².